The van der Waals surface area contributed by atoms with Crippen LogP contribution in [0.4, 0.5) is 0 Å². The van der Waals surface area contributed by atoms with Crippen LogP contribution in [0.25, 0.3) is 0 Å². The van der Waals surface area contributed by atoms with Gasteiger partial charge in [-0.15, -0.1) is 0 Å². The molecule has 0 aliphatic rings. The van der Waals surface area contributed by atoms with Crippen LogP contribution in [0, 0.1) is 0 Å². The summed E-state index contributed by atoms with van der Waals surface area (Å²) in [6.45, 7) is 9.24. The number of hydrogen-bond acceptors (Lipinski definition) is 4. The molecule has 0 aliphatic heterocycles. The van der Waals surface area contributed by atoms with Gasteiger partial charge in [-0.25, -0.2) is 4.79 Å². The number of aromatic carboxylic acids is 1. The van der Waals surface area contributed by atoms with E-state index >= 15 is 0 Å². The molecule has 5 heteroatoms. The fourth-order valence-corrected chi connectivity index (χ4v) is 6.11. The minimum atomic E-state index is -1.07. The molecule has 250 valence electrons. The van der Waals surface area contributed by atoms with E-state index in [1.54, 1.807) is 0 Å². The minimum absolute atomic E-state index is 0.0290. The van der Waals surface area contributed by atoms with Crippen molar-refractivity contribution in [2.75, 3.05) is 6.61 Å². The Morgan fingerprint density at radius 1 is 0.512 bits per heavy atom. The number of hydrogen-bond donors (Lipinski definition) is 2. The number of carboxylic acids is 1. The Morgan fingerprint density at radius 2 is 0.884 bits per heavy atom. The van der Waals surface area contributed by atoms with E-state index in [-0.39, 0.29) is 17.1 Å². The van der Waals surface area contributed by atoms with Crippen molar-refractivity contribution in [2.24, 2.45) is 0 Å². The fourth-order valence-electron chi connectivity index (χ4n) is 6.11. The van der Waals surface area contributed by atoms with Gasteiger partial charge in [0.2, 0.25) is 5.75 Å². The summed E-state index contributed by atoms with van der Waals surface area (Å²) in [7, 11) is 0. The molecule has 0 spiro atoms. The molecule has 1 aromatic carbocycles. The van der Waals surface area contributed by atoms with Crippen molar-refractivity contribution in [1.29, 1.82) is 0 Å². The topological polar surface area (TPSA) is 76.0 Å². The summed E-state index contributed by atoms with van der Waals surface area (Å²) < 4.78 is 0. The van der Waals surface area contributed by atoms with Gasteiger partial charge in [-0.05, 0) is 56.1 Å². The first-order valence-corrected chi connectivity index (χ1v) is 18.4. The van der Waals surface area contributed by atoms with E-state index in [0.717, 1.165) is 80.9 Å². The maximum Gasteiger partial charge on any atom is 0.339 e. The van der Waals surface area contributed by atoms with Gasteiger partial charge in [-0.1, -0.05) is 150 Å². The summed E-state index contributed by atoms with van der Waals surface area (Å²) in [5, 5.41) is 21.8. The number of unbranched alkanes of at least 4 members (excludes halogenated alkanes) is 19. The second-order valence-electron chi connectivity index (χ2n) is 12.7. The summed E-state index contributed by atoms with van der Waals surface area (Å²) in [6.07, 6.45) is 29.3. The molecule has 0 aliphatic carbocycles. The van der Waals surface area contributed by atoms with Gasteiger partial charge >= 0.3 is 5.97 Å². The second-order valence-corrected chi connectivity index (χ2v) is 12.7. The Hall–Kier alpha value is -1.75. The van der Waals surface area contributed by atoms with E-state index in [1.807, 2.05) is 0 Å². The molecule has 1 rings (SSSR count). The van der Waals surface area contributed by atoms with Crippen LogP contribution in [0.2, 0.25) is 0 Å². The molecular formula is C38H68O5. The number of benzene rings is 1. The van der Waals surface area contributed by atoms with Crippen molar-refractivity contribution in [3.8, 4) is 11.5 Å². The highest BCUT2D eigenvalue weighted by atomic mass is 17.2. The van der Waals surface area contributed by atoms with E-state index in [9.17, 15) is 15.0 Å². The normalized spacial score (nSPS) is 11.3. The van der Waals surface area contributed by atoms with Crippen LogP contribution in [0.15, 0.2) is 0 Å². The van der Waals surface area contributed by atoms with Gasteiger partial charge in [0.05, 0.1) is 6.61 Å². The van der Waals surface area contributed by atoms with Crippen molar-refractivity contribution in [1.82, 2.24) is 0 Å². The van der Waals surface area contributed by atoms with E-state index in [1.165, 1.54) is 96.3 Å². The molecular weight excluding hydrogens is 536 g/mol. The largest absolute Gasteiger partial charge is 0.504 e. The molecule has 1 aromatic rings. The predicted octanol–water partition coefficient (Wildman–Crippen LogP) is 12.1. The van der Waals surface area contributed by atoms with Gasteiger partial charge in [-0.3, -0.25) is 0 Å². The Morgan fingerprint density at radius 3 is 1.30 bits per heavy atom. The maximum atomic E-state index is 12.6. The van der Waals surface area contributed by atoms with E-state index in [4.69, 9.17) is 9.78 Å². The number of aromatic hydroxyl groups is 1. The summed E-state index contributed by atoms with van der Waals surface area (Å²) in [6, 6.07) is 0. The molecule has 0 amide bonds. The van der Waals surface area contributed by atoms with Gasteiger partial charge in [0.1, 0.15) is 5.56 Å². The Labute approximate surface area is 265 Å². The average molecular weight is 605 g/mol. The quantitative estimate of drug-likeness (QED) is 0.0519. The zero-order chi connectivity index (χ0) is 31.5. The highest BCUT2D eigenvalue weighted by molar-refractivity contribution is 5.94. The lowest BCUT2D eigenvalue weighted by atomic mass is 9.85. The molecule has 0 saturated carbocycles. The fraction of sp³-hybridized carbons (Fsp3) is 0.816. The zero-order valence-corrected chi connectivity index (χ0v) is 28.7. The van der Waals surface area contributed by atoms with Crippen molar-refractivity contribution in [2.45, 2.75) is 195 Å². The SMILES string of the molecule is CCCCCCCCCc1c(CCCCCCCCC)c(OOCCCC)c(O)c(C(=O)O)c1CCCCCCCCC. The monoisotopic (exact) mass is 605 g/mol. The Bertz CT molecular complexity index is 834. The van der Waals surface area contributed by atoms with Crippen molar-refractivity contribution in [3.05, 3.63) is 22.3 Å². The van der Waals surface area contributed by atoms with Crippen LogP contribution in [-0.2, 0) is 24.2 Å². The van der Waals surface area contributed by atoms with Crippen molar-refractivity contribution < 1.29 is 24.8 Å². The van der Waals surface area contributed by atoms with Crippen LogP contribution < -0.4 is 4.89 Å². The third kappa shape index (κ3) is 16.8. The van der Waals surface area contributed by atoms with E-state index < -0.39 is 5.97 Å². The van der Waals surface area contributed by atoms with Gasteiger partial charge in [0.15, 0.2) is 5.75 Å². The van der Waals surface area contributed by atoms with Crippen LogP contribution in [0.3, 0.4) is 0 Å². The van der Waals surface area contributed by atoms with E-state index in [0.29, 0.717) is 13.0 Å². The van der Waals surface area contributed by atoms with Crippen LogP contribution in [0.5, 0.6) is 11.5 Å². The molecule has 0 atom stereocenters. The van der Waals surface area contributed by atoms with Gasteiger partial charge in [0.25, 0.3) is 0 Å². The highest BCUT2D eigenvalue weighted by Gasteiger charge is 2.28. The van der Waals surface area contributed by atoms with Crippen molar-refractivity contribution >= 4 is 5.97 Å². The number of carbonyl (C=O) groups is 1. The molecule has 2 N–H and O–H groups in total. The molecule has 43 heavy (non-hydrogen) atoms. The highest BCUT2D eigenvalue weighted by Crippen LogP contribution is 2.42. The number of phenols is 1. The number of rotatable bonds is 30. The van der Waals surface area contributed by atoms with Crippen LogP contribution in [0.1, 0.15) is 202 Å². The standard InChI is InChI=1S/C38H68O5/c1-5-9-13-16-19-22-25-28-32-33(29-26-23-20-17-14-10-6-2)35(38(40)41)36(39)37(43-42-31-12-8-4)34(32)30-27-24-21-18-15-11-7-3/h39H,5-31H2,1-4H3,(H,40,41). The second kappa shape index (κ2) is 26.6. The third-order valence-corrected chi connectivity index (χ3v) is 8.78. The molecule has 0 aromatic heterocycles. The molecule has 5 nitrogen and oxygen atoms in total. The molecule has 0 heterocycles. The summed E-state index contributed by atoms with van der Waals surface area (Å²) in [5.41, 5.74) is 2.95. The third-order valence-electron chi connectivity index (χ3n) is 8.78. The van der Waals surface area contributed by atoms with Crippen LogP contribution in [-0.4, -0.2) is 22.8 Å². The molecule has 0 radical (unpaired) electrons. The molecule has 0 fully saturated rings. The van der Waals surface area contributed by atoms with Crippen LogP contribution >= 0.6 is 0 Å². The first kappa shape index (κ1) is 39.3. The molecule has 0 saturated heterocycles. The lowest BCUT2D eigenvalue weighted by Gasteiger charge is -2.23. The van der Waals surface area contributed by atoms with Gasteiger partial charge in [0, 0.05) is 5.56 Å². The average Bonchev–Trinajstić information content (AvgIpc) is 2.99. The maximum absolute atomic E-state index is 12.6. The predicted molar refractivity (Wildman–Crippen MR) is 182 cm³/mol. The van der Waals surface area contributed by atoms with E-state index in [2.05, 4.69) is 27.7 Å². The first-order chi connectivity index (χ1) is 21.0. The smallest absolute Gasteiger partial charge is 0.339 e. The molecule has 0 bridgehead atoms. The lowest BCUT2D eigenvalue weighted by Crippen LogP contribution is -2.14. The summed E-state index contributed by atoms with van der Waals surface area (Å²) >= 11 is 0. The lowest BCUT2D eigenvalue weighted by molar-refractivity contribution is -0.208. The molecule has 0 unspecified atom stereocenters. The van der Waals surface area contributed by atoms with Gasteiger partial charge < -0.3 is 15.1 Å². The van der Waals surface area contributed by atoms with Crippen molar-refractivity contribution in [3.63, 3.8) is 0 Å². The summed E-state index contributed by atoms with van der Waals surface area (Å²) in [5.74, 6) is -1.07. The first-order valence-electron chi connectivity index (χ1n) is 18.4. The Kier molecular flexibility index (Phi) is 24.3. The number of carboxylic acid groups (broad SMARTS) is 1. The van der Waals surface area contributed by atoms with Gasteiger partial charge in [-0.2, -0.15) is 4.89 Å². The minimum Gasteiger partial charge on any atom is -0.504 e. The Balaban J connectivity index is 3.29. The zero-order valence-electron chi connectivity index (χ0n) is 28.7. The summed E-state index contributed by atoms with van der Waals surface area (Å²) in [4.78, 5) is 24.0.